The van der Waals surface area contributed by atoms with Crippen molar-refractivity contribution in [2.45, 2.75) is 0 Å². The average molecular weight is 739 g/mol. The molecule has 0 atom stereocenters. The van der Waals surface area contributed by atoms with Crippen LogP contribution in [0.5, 0.6) is 0 Å². The van der Waals surface area contributed by atoms with Crippen molar-refractivity contribution in [3.63, 3.8) is 0 Å². The van der Waals surface area contributed by atoms with Gasteiger partial charge < -0.3 is 4.57 Å². The molecule has 0 amide bonds. The minimum atomic E-state index is 0.653. The summed E-state index contributed by atoms with van der Waals surface area (Å²) in [6.45, 7) is 0. The van der Waals surface area contributed by atoms with Crippen LogP contribution in [0, 0.1) is 0 Å². The van der Waals surface area contributed by atoms with Crippen molar-refractivity contribution >= 4 is 65.3 Å². The van der Waals surface area contributed by atoms with Gasteiger partial charge in [0, 0.05) is 43.6 Å². The molecule has 0 radical (unpaired) electrons. The van der Waals surface area contributed by atoms with Gasteiger partial charge in [0.05, 0.1) is 33.3 Å². The zero-order valence-electron chi connectivity index (χ0n) is 31.4. The Morgan fingerprint density at radius 2 is 1.00 bits per heavy atom. The van der Waals surface area contributed by atoms with Gasteiger partial charge in [-0.2, -0.15) is 0 Å². The third-order valence-corrected chi connectivity index (χ3v) is 11.7. The van der Waals surface area contributed by atoms with Crippen molar-refractivity contribution in [3.8, 4) is 45.1 Å². The van der Waals surface area contributed by atoms with E-state index in [4.69, 9.17) is 9.97 Å². The molecular weight excluding hydrogens is 705 g/mol. The van der Waals surface area contributed by atoms with E-state index >= 15 is 0 Å². The Bertz CT molecular complexity index is 3560. The lowest BCUT2D eigenvalue weighted by Crippen LogP contribution is -2.03. The van der Waals surface area contributed by atoms with Crippen molar-refractivity contribution in [1.29, 1.82) is 0 Å². The molecule has 3 aromatic heterocycles. The van der Waals surface area contributed by atoms with Gasteiger partial charge in [-0.1, -0.05) is 170 Å². The van der Waals surface area contributed by atoms with E-state index in [0.717, 1.165) is 55.4 Å². The Labute approximate surface area is 334 Å². The Kier molecular flexibility index (Phi) is 7.20. The molecule has 0 aliphatic heterocycles. The first-order chi connectivity index (χ1) is 28.8. The highest BCUT2D eigenvalue weighted by molar-refractivity contribution is 6.22. The average Bonchev–Trinajstić information content (AvgIpc) is 3.82. The quantitative estimate of drug-likeness (QED) is 0.176. The first kappa shape index (κ1) is 32.4. The van der Waals surface area contributed by atoms with Crippen LogP contribution in [0.1, 0.15) is 0 Å². The summed E-state index contributed by atoms with van der Waals surface area (Å²) in [6, 6.07) is 73.8. The van der Waals surface area contributed by atoms with Crippen LogP contribution < -0.4 is 0 Å². The van der Waals surface area contributed by atoms with Crippen LogP contribution in [0.2, 0.25) is 0 Å². The topological polar surface area (TPSA) is 35.6 Å². The minimum Gasteiger partial charge on any atom is -0.309 e. The number of hydrogen-bond donors (Lipinski definition) is 0. The molecule has 4 nitrogen and oxygen atoms in total. The Hall–Kier alpha value is -7.82. The molecule has 270 valence electrons. The van der Waals surface area contributed by atoms with E-state index in [2.05, 4.69) is 209 Å². The van der Waals surface area contributed by atoms with Crippen LogP contribution in [0.15, 0.2) is 206 Å². The first-order valence-corrected chi connectivity index (χ1v) is 19.8. The number of benzene rings is 9. The summed E-state index contributed by atoms with van der Waals surface area (Å²) in [4.78, 5) is 10.7. The van der Waals surface area contributed by atoms with Gasteiger partial charge in [-0.05, 0) is 64.0 Å². The summed E-state index contributed by atoms with van der Waals surface area (Å²) in [5.74, 6) is 0.653. The molecule has 12 aromatic rings. The van der Waals surface area contributed by atoms with E-state index in [1.54, 1.807) is 0 Å². The summed E-state index contributed by atoms with van der Waals surface area (Å²) in [6.07, 6.45) is 0. The summed E-state index contributed by atoms with van der Waals surface area (Å²) in [7, 11) is 0. The molecule has 0 N–H and O–H groups in total. The predicted octanol–water partition coefficient (Wildman–Crippen LogP) is 14.0. The molecule has 0 aliphatic rings. The number of nitrogens with zero attached hydrogens (tertiary/aromatic N) is 4. The monoisotopic (exact) mass is 738 g/mol. The van der Waals surface area contributed by atoms with Gasteiger partial charge in [0.2, 0.25) is 5.95 Å². The van der Waals surface area contributed by atoms with Crippen LogP contribution in [0.3, 0.4) is 0 Å². The second-order valence-corrected chi connectivity index (χ2v) is 15.0. The van der Waals surface area contributed by atoms with Crippen LogP contribution in [0.4, 0.5) is 0 Å². The molecule has 0 spiro atoms. The summed E-state index contributed by atoms with van der Waals surface area (Å²) < 4.78 is 4.71. The third kappa shape index (κ3) is 4.95. The second-order valence-electron chi connectivity index (χ2n) is 15.0. The fourth-order valence-corrected chi connectivity index (χ4v) is 9.13. The number of rotatable bonds is 5. The summed E-state index contributed by atoms with van der Waals surface area (Å²) >= 11 is 0. The molecular formula is C54H34N4. The molecule has 12 rings (SSSR count). The molecule has 0 bridgehead atoms. The van der Waals surface area contributed by atoms with Crippen LogP contribution >= 0.6 is 0 Å². The predicted molar refractivity (Wildman–Crippen MR) is 242 cm³/mol. The standard InChI is InChI=1S/C54H34N4/c1-3-15-35(16-4-1)38-20-13-21-40(33-38)57-48-27-12-10-23-43(48)44-31-30-39(34-50(44)57)41-25-14-28-49-51(41)46-32-29-36-17-7-8-22-42(36)53(46)58(49)54-55-47-26-11-9-24-45(47)52(56-54)37-18-5-2-6-19-37/h1-34H. The van der Waals surface area contributed by atoms with Crippen molar-refractivity contribution in [1.82, 2.24) is 19.1 Å². The molecule has 58 heavy (non-hydrogen) atoms. The van der Waals surface area contributed by atoms with Gasteiger partial charge in [0.25, 0.3) is 0 Å². The number of aromatic nitrogens is 4. The van der Waals surface area contributed by atoms with E-state index in [9.17, 15) is 0 Å². The maximum atomic E-state index is 5.41. The SMILES string of the molecule is c1ccc(-c2cccc(-n3c4ccccc4c4ccc(-c5cccc6c5c5ccc7ccccc7c5n6-c5nc(-c6ccccc6)c6ccccc6n5)cc43)c2)cc1. The molecule has 0 unspecified atom stereocenters. The number of hydrogen-bond acceptors (Lipinski definition) is 2. The molecule has 0 saturated carbocycles. The van der Waals surface area contributed by atoms with Crippen LogP contribution in [-0.2, 0) is 0 Å². The maximum absolute atomic E-state index is 5.41. The van der Waals surface area contributed by atoms with Crippen LogP contribution in [0.25, 0.3) is 110 Å². The highest BCUT2D eigenvalue weighted by Crippen LogP contribution is 2.43. The second kappa shape index (κ2) is 12.9. The van der Waals surface area contributed by atoms with E-state index in [-0.39, 0.29) is 0 Å². The fourth-order valence-electron chi connectivity index (χ4n) is 9.13. The van der Waals surface area contributed by atoms with Crippen molar-refractivity contribution < 1.29 is 0 Å². The van der Waals surface area contributed by atoms with Crippen molar-refractivity contribution in [3.05, 3.63) is 206 Å². The smallest absolute Gasteiger partial charge is 0.235 e. The number of fused-ring (bicyclic) bond motifs is 9. The van der Waals surface area contributed by atoms with Gasteiger partial charge in [0.15, 0.2) is 0 Å². The zero-order chi connectivity index (χ0) is 38.2. The van der Waals surface area contributed by atoms with Gasteiger partial charge >= 0.3 is 0 Å². The van der Waals surface area contributed by atoms with Crippen molar-refractivity contribution in [2.75, 3.05) is 0 Å². The minimum absolute atomic E-state index is 0.653. The van der Waals surface area contributed by atoms with E-state index in [1.165, 1.54) is 49.1 Å². The molecule has 9 aromatic carbocycles. The molecule has 0 aliphatic carbocycles. The van der Waals surface area contributed by atoms with Crippen LogP contribution in [-0.4, -0.2) is 19.1 Å². The lowest BCUT2D eigenvalue weighted by Gasteiger charge is -2.13. The first-order valence-electron chi connectivity index (χ1n) is 19.8. The Morgan fingerprint density at radius 1 is 0.345 bits per heavy atom. The van der Waals surface area contributed by atoms with E-state index in [0.29, 0.717) is 5.95 Å². The molecule has 0 fully saturated rings. The van der Waals surface area contributed by atoms with Gasteiger partial charge in [-0.25, -0.2) is 9.97 Å². The largest absolute Gasteiger partial charge is 0.309 e. The normalized spacial score (nSPS) is 11.8. The fraction of sp³-hybridized carbons (Fsp3) is 0. The third-order valence-electron chi connectivity index (χ3n) is 11.7. The Balaban J connectivity index is 1.14. The van der Waals surface area contributed by atoms with Gasteiger partial charge in [-0.15, -0.1) is 0 Å². The highest BCUT2D eigenvalue weighted by atomic mass is 15.2. The van der Waals surface area contributed by atoms with Gasteiger partial charge in [0.1, 0.15) is 0 Å². The molecule has 3 heterocycles. The Morgan fingerprint density at radius 3 is 1.86 bits per heavy atom. The summed E-state index contributed by atoms with van der Waals surface area (Å²) in [5, 5.41) is 8.17. The molecule has 0 saturated heterocycles. The zero-order valence-corrected chi connectivity index (χ0v) is 31.4. The van der Waals surface area contributed by atoms with Gasteiger partial charge in [-0.3, -0.25) is 4.57 Å². The highest BCUT2D eigenvalue weighted by Gasteiger charge is 2.22. The van der Waals surface area contributed by atoms with Crippen molar-refractivity contribution in [2.24, 2.45) is 0 Å². The van der Waals surface area contributed by atoms with E-state index < -0.39 is 0 Å². The molecule has 4 heteroatoms. The van der Waals surface area contributed by atoms with E-state index in [1.807, 2.05) is 6.07 Å². The number of para-hydroxylation sites is 2. The lowest BCUT2D eigenvalue weighted by molar-refractivity contribution is 1.02. The lowest BCUT2D eigenvalue weighted by atomic mass is 9.97. The maximum Gasteiger partial charge on any atom is 0.235 e. The summed E-state index contributed by atoms with van der Waals surface area (Å²) in [5.41, 5.74) is 13.2.